The highest BCUT2D eigenvalue weighted by molar-refractivity contribution is 6.30. The van der Waals surface area contributed by atoms with E-state index < -0.39 is 0 Å². The minimum atomic E-state index is 0.180. The van der Waals surface area contributed by atoms with Crippen LogP contribution in [-0.2, 0) is 17.8 Å². The molecular formula is C23H27ClN2O3. The van der Waals surface area contributed by atoms with E-state index in [2.05, 4.69) is 11.0 Å². The standard InChI is InChI=1S/C23H27ClN2O3/c1-28-21-12-16-8-10-26(14-18(16)13-22(21)29-2)23(27)15-25-9-4-7-20(25)17-5-3-6-19(24)11-17/h3,5-6,11-13,20H,4,7-10,14-15H2,1-2H3. The number of hydrogen-bond acceptors (Lipinski definition) is 4. The van der Waals surface area contributed by atoms with E-state index in [0.29, 0.717) is 18.8 Å². The van der Waals surface area contributed by atoms with Gasteiger partial charge in [0.05, 0.1) is 20.8 Å². The van der Waals surface area contributed by atoms with Gasteiger partial charge in [-0.25, -0.2) is 0 Å². The first-order valence-corrected chi connectivity index (χ1v) is 10.5. The molecular weight excluding hydrogens is 388 g/mol. The van der Waals surface area contributed by atoms with E-state index in [1.807, 2.05) is 35.2 Å². The van der Waals surface area contributed by atoms with Gasteiger partial charge >= 0.3 is 0 Å². The van der Waals surface area contributed by atoms with Crippen LogP contribution >= 0.6 is 11.6 Å². The Labute approximate surface area is 177 Å². The fourth-order valence-corrected chi connectivity index (χ4v) is 4.68. The Morgan fingerprint density at radius 2 is 1.86 bits per heavy atom. The molecule has 0 aliphatic carbocycles. The molecule has 29 heavy (non-hydrogen) atoms. The lowest BCUT2D eigenvalue weighted by Gasteiger charge is -2.32. The Morgan fingerprint density at radius 1 is 1.10 bits per heavy atom. The van der Waals surface area contributed by atoms with Crippen molar-refractivity contribution in [1.82, 2.24) is 9.80 Å². The van der Waals surface area contributed by atoms with Gasteiger partial charge in [-0.3, -0.25) is 9.69 Å². The molecule has 0 bridgehead atoms. The van der Waals surface area contributed by atoms with E-state index in [0.717, 1.165) is 48.7 Å². The van der Waals surface area contributed by atoms with Crippen molar-refractivity contribution in [2.75, 3.05) is 33.9 Å². The quantitative estimate of drug-likeness (QED) is 0.739. The minimum absolute atomic E-state index is 0.180. The van der Waals surface area contributed by atoms with Crippen LogP contribution in [0, 0.1) is 0 Å². The molecule has 2 heterocycles. The van der Waals surface area contributed by atoms with E-state index in [1.54, 1.807) is 14.2 Å². The predicted octanol–water partition coefficient (Wildman–Crippen LogP) is 4.08. The van der Waals surface area contributed by atoms with Gasteiger partial charge in [-0.15, -0.1) is 0 Å². The lowest BCUT2D eigenvalue weighted by atomic mass is 9.98. The van der Waals surface area contributed by atoms with Gasteiger partial charge in [0.15, 0.2) is 11.5 Å². The van der Waals surface area contributed by atoms with Crippen molar-refractivity contribution >= 4 is 17.5 Å². The van der Waals surface area contributed by atoms with Crippen LogP contribution in [0.1, 0.15) is 35.6 Å². The number of carbonyl (C=O) groups is 1. The van der Waals surface area contributed by atoms with E-state index in [4.69, 9.17) is 21.1 Å². The molecule has 1 unspecified atom stereocenters. The summed E-state index contributed by atoms with van der Waals surface area (Å²) in [5.41, 5.74) is 3.56. The van der Waals surface area contributed by atoms with Crippen LogP contribution in [0.5, 0.6) is 11.5 Å². The third-order valence-corrected chi connectivity index (χ3v) is 6.24. The molecule has 2 aliphatic heterocycles. The average Bonchev–Trinajstić information content (AvgIpc) is 3.20. The molecule has 6 heteroatoms. The van der Waals surface area contributed by atoms with Crippen LogP contribution in [0.25, 0.3) is 0 Å². The zero-order valence-electron chi connectivity index (χ0n) is 17.0. The molecule has 4 rings (SSSR count). The number of benzene rings is 2. The summed E-state index contributed by atoms with van der Waals surface area (Å²) < 4.78 is 10.8. The van der Waals surface area contributed by atoms with Crippen LogP contribution in [0.3, 0.4) is 0 Å². The maximum absolute atomic E-state index is 13.1. The molecule has 0 saturated carbocycles. The van der Waals surface area contributed by atoms with Gasteiger partial charge in [0, 0.05) is 24.2 Å². The summed E-state index contributed by atoms with van der Waals surface area (Å²) in [5.74, 6) is 1.63. The fourth-order valence-electron chi connectivity index (χ4n) is 4.48. The lowest BCUT2D eigenvalue weighted by molar-refractivity contribution is -0.133. The third kappa shape index (κ3) is 4.21. The van der Waals surface area contributed by atoms with Crippen molar-refractivity contribution in [2.24, 2.45) is 0 Å². The van der Waals surface area contributed by atoms with Gasteiger partial charge in [0.2, 0.25) is 5.91 Å². The van der Waals surface area contributed by atoms with Crippen LogP contribution in [0.4, 0.5) is 0 Å². The maximum atomic E-state index is 13.1. The number of fused-ring (bicyclic) bond motifs is 1. The Morgan fingerprint density at radius 3 is 2.59 bits per heavy atom. The van der Waals surface area contributed by atoms with Crippen molar-refractivity contribution in [3.05, 3.63) is 58.1 Å². The Kier molecular flexibility index (Phi) is 5.97. The van der Waals surface area contributed by atoms with Gasteiger partial charge in [0.25, 0.3) is 0 Å². The van der Waals surface area contributed by atoms with E-state index in [9.17, 15) is 4.79 Å². The molecule has 2 aliphatic rings. The summed E-state index contributed by atoms with van der Waals surface area (Å²) in [6.07, 6.45) is 3.00. The lowest BCUT2D eigenvalue weighted by Crippen LogP contribution is -2.42. The second-order valence-electron chi connectivity index (χ2n) is 7.72. The Hall–Kier alpha value is -2.24. The number of likely N-dealkylation sites (tertiary alicyclic amines) is 1. The van der Waals surface area contributed by atoms with Crippen LogP contribution in [0.2, 0.25) is 5.02 Å². The average molecular weight is 415 g/mol. The number of nitrogens with zero attached hydrogens (tertiary/aromatic N) is 2. The molecule has 1 saturated heterocycles. The molecule has 2 aromatic carbocycles. The highest BCUT2D eigenvalue weighted by atomic mass is 35.5. The first kappa shape index (κ1) is 20.0. The third-order valence-electron chi connectivity index (χ3n) is 6.01. The summed E-state index contributed by atoms with van der Waals surface area (Å²) in [6, 6.07) is 12.3. The van der Waals surface area contributed by atoms with Gasteiger partial charge in [0.1, 0.15) is 0 Å². The summed E-state index contributed by atoms with van der Waals surface area (Å²) in [7, 11) is 3.29. The summed E-state index contributed by atoms with van der Waals surface area (Å²) >= 11 is 6.18. The monoisotopic (exact) mass is 414 g/mol. The van der Waals surface area contributed by atoms with E-state index in [1.165, 1.54) is 11.1 Å². The Balaban J connectivity index is 1.45. The van der Waals surface area contributed by atoms with Gasteiger partial charge in [-0.05, 0) is 66.8 Å². The maximum Gasteiger partial charge on any atom is 0.237 e. The fraction of sp³-hybridized carbons (Fsp3) is 0.435. The van der Waals surface area contributed by atoms with Gasteiger partial charge < -0.3 is 14.4 Å². The van der Waals surface area contributed by atoms with Gasteiger partial charge in [-0.2, -0.15) is 0 Å². The highest BCUT2D eigenvalue weighted by Crippen LogP contribution is 2.35. The number of ether oxygens (including phenoxy) is 2. The number of halogens is 1. The summed E-state index contributed by atoms with van der Waals surface area (Å²) in [4.78, 5) is 17.3. The highest BCUT2D eigenvalue weighted by Gasteiger charge is 2.30. The second kappa shape index (κ2) is 8.64. The zero-order valence-corrected chi connectivity index (χ0v) is 17.7. The smallest absolute Gasteiger partial charge is 0.237 e. The van der Waals surface area contributed by atoms with E-state index >= 15 is 0 Å². The number of rotatable bonds is 5. The molecule has 0 radical (unpaired) electrons. The molecule has 0 aromatic heterocycles. The van der Waals surface area contributed by atoms with Crippen LogP contribution in [-0.4, -0.2) is 49.6 Å². The molecule has 1 atom stereocenters. The molecule has 2 aromatic rings. The first-order chi connectivity index (χ1) is 14.1. The topological polar surface area (TPSA) is 42.0 Å². The summed E-state index contributed by atoms with van der Waals surface area (Å²) in [6.45, 7) is 2.74. The largest absolute Gasteiger partial charge is 0.493 e. The van der Waals surface area contributed by atoms with E-state index in [-0.39, 0.29) is 11.9 Å². The first-order valence-electron chi connectivity index (χ1n) is 10.1. The van der Waals surface area contributed by atoms with Gasteiger partial charge in [-0.1, -0.05) is 23.7 Å². The van der Waals surface area contributed by atoms with Crippen molar-refractivity contribution in [1.29, 1.82) is 0 Å². The SMILES string of the molecule is COc1cc2c(cc1OC)CN(C(=O)CN1CCCC1c1cccc(Cl)c1)CC2. The van der Waals surface area contributed by atoms with Crippen molar-refractivity contribution in [2.45, 2.75) is 31.8 Å². The predicted molar refractivity (Wildman–Crippen MR) is 114 cm³/mol. The number of hydrogen-bond donors (Lipinski definition) is 0. The molecule has 5 nitrogen and oxygen atoms in total. The van der Waals surface area contributed by atoms with Crippen molar-refractivity contribution in [3.63, 3.8) is 0 Å². The number of amides is 1. The minimum Gasteiger partial charge on any atom is -0.493 e. The van der Waals surface area contributed by atoms with Crippen LogP contribution in [0.15, 0.2) is 36.4 Å². The molecule has 0 spiro atoms. The summed E-state index contributed by atoms with van der Waals surface area (Å²) in [5, 5.41) is 0.748. The van der Waals surface area contributed by atoms with Crippen molar-refractivity contribution in [3.8, 4) is 11.5 Å². The zero-order chi connectivity index (χ0) is 20.4. The molecule has 154 valence electrons. The number of methoxy groups -OCH3 is 2. The Bertz CT molecular complexity index is 902. The van der Waals surface area contributed by atoms with Crippen LogP contribution < -0.4 is 9.47 Å². The second-order valence-corrected chi connectivity index (χ2v) is 8.16. The normalized spacial score (nSPS) is 19.1. The van der Waals surface area contributed by atoms with Crippen molar-refractivity contribution < 1.29 is 14.3 Å². The number of carbonyl (C=O) groups excluding carboxylic acids is 1. The molecule has 1 fully saturated rings. The molecule has 0 N–H and O–H groups in total. The molecule has 1 amide bonds.